The summed E-state index contributed by atoms with van der Waals surface area (Å²) < 4.78 is 13.0. The highest BCUT2D eigenvalue weighted by atomic mass is 16.5. The van der Waals surface area contributed by atoms with E-state index in [1.54, 1.807) is 0 Å². The van der Waals surface area contributed by atoms with E-state index in [0.29, 0.717) is 17.5 Å². The van der Waals surface area contributed by atoms with Crippen LogP contribution in [0.15, 0.2) is 144 Å². The second-order valence-corrected chi connectivity index (χ2v) is 11.1. The fraction of sp³-hybridized carbons (Fsp3) is 0.0513. The predicted molar refractivity (Wildman–Crippen MR) is 174 cm³/mol. The second-order valence-electron chi connectivity index (χ2n) is 11.1. The smallest absolute Gasteiger partial charge is 0.164 e. The van der Waals surface area contributed by atoms with Gasteiger partial charge in [0, 0.05) is 38.6 Å². The normalized spacial score (nSPS) is 17.1. The summed E-state index contributed by atoms with van der Waals surface area (Å²) in [5.74, 6) is 2.72. The molecule has 1 aliphatic heterocycles. The van der Waals surface area contributed by atoms with Crippen LogP contribution in [0.1, 0.15) is 22.9 Å². The van der Waals surface area contributed by atoms with E-state index in [-0.39, 0.29) is 12.0 Å². The molecule has 1 aliphatic carbocycles. The van der Waals surface area contributed by atoms with Crippen LogP contribution in [0.4, 0.5) is 0 Å². The molecule has 208 valence electrons. The van der Waals surface area contributed by atoms with Gasteiger partial charge in [0.05, 0.1) is 5.92 Å². The van der Waals surface area contributed by atoms with Crippen LogP contribution < -0.4 is 4.74 Å². The number of ether oxygens (including phenoxy) is 1. The molecule has 7 aromatic rings. The molecule has 0 fully saturated rings. The molecule has 44 heavy (non-hydrogen) atoms. The van der Waals surface area contributed by atoms with Crippen LogP contribution in [0.3, 0.4) is 0 Å². The Kier molecular flexibility index (Phi) is 5.56. The Hall–Kier alpha value is -5.81. The summed E-state index contributed by atoms with van der Waals surface area (Å²) in [4.78, 5) is 15.2. The predicted octanol–water partition coefficient (Wildman–Crippen LogP) is 9.13. The Balaban J connectivity index is 1.28. The van der Waals surface area contributed by atoms with Gasteiger partial charge in [0.15, 0.2) is 17.5 Å². The first kappa shape index (κ1) is 24.8. The highest BCUT2D eigenvalue weighted by molar-refractivity contribution is 6.09. The van der Waals surface area contributed by atoms with E-state index in [9.17, 15) is 0 Å². The van der Waals surface area contributed by atoms with Crippen molar-refractivity contribution in [3.63, 3.8) is 0 Å². The Morgan fingerprint density at radius 3 is 1.95 bits per heavy atom. The zero-order valence-corrected chi connectivity index (χ0v) is 23.6. The fourth-order valence-corrected chi connectivity index (χ4v) is 6.48. The van der Waals surface area contributed by atoms with Gasteiger partial charge in [0.2, 0.25) is 0 Å². The van der Waals surface area contributed by atoms with Crippen molar-refractivity contribution in [2.45, 2.75) is 12.0 Å². The van der Waals surface area contributed by atoms with Crippen LogP contribution in [-0.2, 0) is 0 Å². The quantitative estimate of drug-likeness (QED) is 0.212. The number of fused-ring (bicyclic) bond motifs is 6. The molecule has 5 heteroatoms. The molecule has 3 heterocycles. The van der Waals surface area contributed by atoms with E-state index in [1.807, 2.05) is 91.0 Å². The van der Waals surface area contributed by atoms with E-state index >= 15 is 0 Å². The highest BCUT2D eigenvalue weighted by Gasteiger charge is 2.40. The summed E-state index contributed by atoms with van der Waals surface area (Å²) in [6.45, 7) is 0. The lowest BCUT2D eigenvalue weighted by molar-refractivity contribution is 0.272. The Bertz CT molecular complexity index is 2210. The maximum atomic E-state index is 6.60. The molecule has 0 saturated carbocycles. The summed E-state index contributed by atoms with van der Waals surface area (Å²) in [7, 11) is 0. The lowest BCUT2D eigenvalue weighted by atomic mass is 9.80. The summed E-state index contributed by atoms with van der Waals surface area (Å²) in [5, 5.41) is 2.19. The molecule has 0 radical (unpaired) electrons. The van der Waals surface area contributed by atoms with Gasteiger partial charge in [-0.05, 0) is 29.9 Å². The van der Waals surface area contributed by atoms with Gasteiger partial charge in [0.25, 0.3) is 0 Å². The number of furan rings is 1. The summed E-state index contributed by atoms with van der Waals surface area (Å²) >= 11 is 0. The topological polar surface area (TPSA) is 61.0 Å². The molecule has 0 N–H and O–H groups in total. The average molecular weight is 568 g/mol. The minimum Gasteiger partial charge on any atom is -0.485 e. The molecule has 9 rings (SSSR count). The molecule has 0 amide bonds. The SMILES string of the molecule is C1=C(c2cccc3c2oc2ccccc23)C=C(c2nc(-c3ccccc3)nc(-c3ccccc3)n2)C2c3ccccc3OC12. The second kappa shape index (κ2) is 9.89. The molecule has 0 saturated heterocycles. The van der Waals surface area contributed by atoms with Gasteiger partial charge in [-0.1, -0.05) is 115 Å². The highest BCUT2D eigenvalue weighted by Crippen LogP contribution is 2.50. The van der Waals surface area contributed by atoms with E-state index in [4.69, 9.17) is 24.1 Å². The van der Waals surface area contributed by atoms with Crippen LogP contribution in [0.5, 0.6) is 5.75 Å². The van der Waals surface area contributed by atoms with Gasteiger partial charge >= 0.3 is 0 Å². The zero-order valence-electron chi connectivity index (χ0n) is 23.6. The van der Waals surface area contributed by atoms with E-state index in [0.717, 1.165) is 61.1 Å². The zero-order chi connectivity index (χ0) is 29.0. The minimum atomic E-state index is -0.223. The van der Waals surface area contributed by atoms with E-state index in [2.05, 4.69) is 48.6 Å². The Labute approximate surface area is 253 Å². The van der Waals surface area contributed by atoms with Crippen LogP contribution in [0.25, 0.3) is 55.9 Å². The van der Waals surface area contributed by atoms with Crippen molar-refractivity contribution in [3.05, 3.63) is 156 Å². The summed E-state index contributed by atoms with van der Waals surface area (Å²) in [6, 6.07) is 42.9. The van der Waals surface area contributed by atoms with Gasteiger partial charge in [-0.2, -0.15) is 0 Å². The number of para-hydroxylation sites is 3. The van der Waals surface area contributed by atoms with Crippen LogP contribution in [-0.4, -0.2) is 21.1 Å². The van der Waals surface area contributed by atoms with Gasteiger partial charge in [0.1, 0.15) is 23.0 Å². The van der Waals surface area contributed by atoms with Crippen molar-refractivity contribution >= 4 is 33.1 Å². The third-order valence-corrected chi connectivity index (χ3v) is 8.51. The molecule has 2 unspecified atom stereocenters. The van der Waals surface area contributed by atoms with Gasteiger partial charge in [-0.25, -0.2) is 15.0 Å². The first-order valence-corrected chi connectivity index (χ1v) is 14.8. The maximum absolute atomic E-state index is 6.60. The third-order valence-electron chi connectivity index (χ3n) is 8.51. The molecule has 2 atom stereocenters. The number of allylic oxidation sites excluding steroid dienone is 2. The molecular weight excluding hydrogens is 542 g/mol. The van der Waals surface area contributed by atoms with Gasteiger partial charge < -0.3 is 9.15 Å². The molecule has 5 aromatic carbocycles. The first-order chi connectivity index (χ1) is 21.8. The number of hydrogen-bond acceptors (Lipinski definition) is 5. The van der Waals surface area contributed by atoms with Gasteiger partial charge in [-0.15, -0.1) is 0 Å². The fourth-order valence-electron chi connectivity index (χ4n) is 6.48. The van der Waals surface area contributed by atoms with Crippen LogP contribution in [0, 0.1) is 0 Å². The lowest BCUT2D eigenvalue weighted by Crippen LogP contribution is -2.22. The minimum absolute atomic E-state index is 0.0699. The van der Waals surface area contributed by atoms with Crippen LogP contribution >= 0.6 is 0 Å². The lowest BCUT2D eigenvalue weighted by Gasteiger charge is -2.25. The Morgan fingerprint density at radius 1 is 0.545 bits per heavy atom. The van der Waals surface area contributed by atoms with Crippen LogP contribution in [0.2, 0.25) is 0 Å². The number of nitrogens with zero attached hydrogens (tertiary/aromatic N) is 3. The number of hydrogen-bond donors (Lipinski definition) is 0. The maximum Gasteiger partial charge on any atom is 0.164 e. The molecular formula is C39H25N3O2. The van der Waals surface area contributed by atoms with E-state index < -0.39 is 0 Å². The molecule has 0 bridgehead atoms. The molecule has 2 aromatic heterocycles. The first-order valence-electron chi connectivity index (χ1n) is 14.8. The largest absolute Gasteiger partial charge is 0.485 e. The van der Waals surface area contributed by atoms with Crippen molar-refractivity contribution in [2.75, 3.05) is 0 Å². The van der Waals surface area contributed by atoms with Crippen molar-refractivity contribution in [3.8, 4) is 28.5 Å². The van der Waals surface area contributed by atoms with Crippen molar-refractivity contribution in [2.24, 2.45) is 0 Å². The van der Waals surface area contributed by atoms with E-state index in [1.165, 1.54) is 0 Å². The summed E-state index contributed by atoms with van der Waals surface area (Å²) in [6.07, 6.45) is 4.21. The van der Waals surface area contributed by atoms with Crippen molar-refractivity contribution in [1.82, 2.24) is 15.0 Å². The molecule has 2 aliphatic rings. The van der Waals surface area contributed by atoms with Gasteiger partial charge in [-0.3, -0.25) is 0 Å². The number of rotatable bonds is 4. The Morgan fingerprint density at radius 2 is 1.18 bits per heavy atom. The van der Waals surface area contributed by atoms with Crippen molar-refractivity contribution < 1.29 is 9.15 Å². The molecule has 0 spiro atoms. The number of aromatic nitrogens is 3. The number of benzene rings is 5. The monoisotopic (exact) mass is 567 g/mol. The molecule has 5 nitrogen and oxygen atoms in total. The summed E-state index contributed by atoms with van der Waals surface area (Å²) in [5.41, 5.74) is 7.74. The average Bonchev–Trinajstić information content (AvgIpc) is 3.67. The van der Waals surface area contributed by atoms with Crippen molar-refractivity contribution in [1.29, 1.82) is 0 Å². The standard InChI is InChI=1S/C39H25N3O2/c1-3-12-24(13-4-1)37-40-38(25-14-5-2-6-15-25)42-39(41-37)31-22-26(23-34-35(31)30-17-8-10-21-33(30)43-34)27-18-11-19-29-28-16-7-9-20-32(28)44-36(27)29/h1-23,34-35H. The third kappa shape index (κ3) is 3.97.